The molecule has 1 unspecified atom stereocenters. The predicted octanol–water partition coefficient (Wildman–Crippen LogP) is 1.75. The Morgan fingerprint density at radius 2 is 1.92 bits per heavy atom. The van der Waals surface area contributed by atoms with Crippen LogP contribution in [0.4, 0.5) is 0 Å². The number of ether oxygens (including phenoxy) is 2. The fraction of sp³-hybridized carbons (Fsp3) is 0.944. The monoisotopic (exact) mass is 411 g/mol. The topological polar surface area (TPSA) is 62.8 Å². The highest BCUT2D eigenvalue weighted by atomic mass is 35.5. The number of morpholine rings is 2. The lowest BCUT2D eigenvalue weighted by atomic mass is 9.79. The third kappa shape index (κ3) is 5.94. The quantitative estimate of drug-likeness (QED) is 0.737. The van der Waals surface area contributed by atoms with Crippen LogP contribution in [0.3, 0.4) is 0 Å². The minimum Gasteiger partial charge on any atom is -0.373 e. The molecule has 6 nitrogen and oxygen atoms in total. The normalized spacial score (nSPS) is 28.3. The maximum atomic E-state index is 12.5. The van der Waals surface area contributed by atoms with Gasteiger partial charge < -0.3 is 20.1 Å². The second kappa shape index (κ2) is 10.4. The molecular weight excluding hydrogens is 377 g/mol. The second-order valence-electron chi connectivity index (χ2n) is 8.10. The van der Waals surface area contributed by atoms with Gasteiger partial charge in [0.15, 0.2) is 0 Å². The Morgan fingerprint density at radius 1 is 1.19 bits per heavy atom. The number of halogens is 2. The zero-order chi connectivity index (χ0) is 17.0. The molecule has 1 aliphatic carbocycles. The van der Waals surface area contributed by atoms with Gasteiger partial charge in [0, 0.05) is 38.3 Å². The number of amides is 1. The van der Waals surface area contributed by atoms with Crippen molar-refractivity contribution in [1.29, 1.82) is 0 Å². The highest BCUT2D eigenvalue weighted by molar-refractivity contribution is 5.85. The van der Waals surface area contributed by atoms with Gasteiger partial charge in [0.2, 0.25) is 0 Å². The lowest BCUT2D eigenvalue weighted by Gasteiger charge is -2.51. The number of rotatable bonds is 4. The van der Waals surface area contributed by atoms with Crippen LogP contribution >= 0.6 is 24.8 Å². The Balaban J connectivity index is 0.00000169. The van der Waals surface area contributed by atoms with E-state index >= 15 is 0 Å². The van der Waals surface area contributed by atoms with E-state index < -0.39 is 0 Å². The number of carbonyl (C=O) groups is 1. The molecule has 26 heavy (non-hydrogen) atoms. The summed E-state index contributed by atoms with van der Waals surface area (Å²) in [5.41, 5.74) is -0.0276. The predicted molar refractivity (Wildman–Crippen MR) is 108 cm³/mol. The van der Waals surface area contributed by atoms with Crippen molar-refractivity contribution >= 4 is 30.7 Å². The molecule has 2 aliphatic heterocycles. The zero-order valence-corrected chi connectivity index (χ0v) is 17.7. The summed E-state index contributed by atoms with van der Waals surface area (Å²) in [6.45, 7) is 9.78. The number of hydrogen-bond donors (Lipinski definition) is 2. The molecule has 3 aliphatic rings. The molecule has 3 fully saturated rings. The average molecular weight is 412 g/mol. The summed E-state index contributed by atoms with van der Waals surface area (Å²) in [6.07, 6.45) is 5.77. The Kier molecular flexibility index (Phi) is 9.61. The maximum Gasteiger partial charge on any atom is 0.250 e. The van der Waals surface area contributed by atoms with E-state index in [2.05, 4.69) is 29.4 Å². The smallest absolute Gasteiger partial charge is 0.250 e. The van der Waals surface area contributed by atoms with Crippen molar-refractivity contribution in [2.45, 2.75) is 63.2 Å². The van der Waals surface area contributed by atoms with Crippen LogP contribution in [0.25, 0.3) is 0 Å². The summed E-state index contributed by atoms with van der Waals surface area (Å²) in [6, 6.07) is 0. The molecule has 3 rings (SSSR count). The number of hydrogen-bond acceptors (Lipinski definition) is 5. The van der Waals surface area contributed by atoms with Gasteiger partial charge in [-0.05, 0) is 26.7 Å². The molecule has 1 amide bonds. The minimum absolute atomic E-state index is 0. The van der Waals surface area contributed by atoms with Crippen molar-refractivity contribution in [2.75, 3.05) is 45.9 Å². The summed E-state index contributed by atoms with van der Waals surface area (Å²) >= 11 is 0. The minimum atomic E-state index is -0.347. The van der Waals surface area contributed by atoms with E-state index in [9.17, 15) is 4.79 Å². The van der Waals surface area contributed by atoms with E-state index in [-0.39, 0.29) is 48.0 Å². The molecule has 0 aromatic carbocycles. The van der Waals surface area contributed by atoms with Crippen molar-refractivity contribution in [1.82, 2.24) is 15.5 Å². The van der Waals surface area contributed by atoms with E-state index in [4.69, 9.17) is 9.47 Å². The Labute approximate surface area is 169 Å². The van der Waals surface area contributed by atoms with Crippen molar-refractivity contribution in [3.63, 3.8) is 0 Å². The van der Waals surface area contributed by atoms with E-state index in [1.165, 1.54) is 19.3 Å². The third-order valence-corrected chi connectivity index (χ3v) is 5.69. The van der Waals surface area contributed by atoms with Crippen LogP contribution in [0.15, 0.2) is 0 Å². The van der Waals surface area contributed by atoms with E-state index in [1.807, 2.05) is 0 Å². The van der Waals surface area contributed by atoms with Crippen LogP contribution < -0.4 is 10.6 Å². The highest BCUT2D eigenvalue weighted by Gasteiger charge is 2.42. The first kappa shape index (κ1) is 23.9. The van der Waals surface area contributed by atoms with Crippen molar-refractivity contribution in [3.05, 3.63) is 0 Å². The summed E-state index contributed by atoms with van der Waals surface area (Å²) in [5.74, 6) is 0.0275. The van der Waals surface area contributed by atoms with Crippen LogP contribution in [0, 0.1) is 0 Å². The van der Waals surface area contributed by atoms with Gasteiger partial charge in [0.05, 0.1) is 18.8 Å². The van der Waals surface area contributed by atoms with Crippen LogP contribution in [0.5, 0.6) is 0 Å². The largest absolute Gasteiger partial charge is 0.373 e. The van der Waals surface area contributed by atoms with E-state index in [0.717, 1.165) is 45.6 Å². The number of nitrogens with one attached hydrogen (secondary N) is 2. The van der Waals surface area contributed by atoms with Gasteiger partial charge in [-0.3, -0.25) is 9.69 Å². The van der Waals surface area contributed by atoms with Gasteiger partial charge in [0.1, 0.15) is 6.10 Å². The fourth-order valence-electron chi connectivity index (χ4n) is 4.34. The first-order valence-electron chi connectivity index (χ1n) is 9.50. The Bertz CT molecular complexity index is 439. The molecule has 154 valence electrons. The van der Waals surface area contributed by atoms with E-state index in [0.29, 0.717) is 13.2 Å². The molecule has 0 bridgehead atoms. The lowest BCUT2D eigenvalue weighted by Crippen LogP contribution is -2.63. The molecule has 0 aromatic heterocycles. The molecular formula is C18H35Cl2N3O3. The third-order valence-electron chi connectivity index (χ3n) is 5.69. The molecule has 0 spiro atoms. The van der Waals surface area contributed by atoms with Crippen LogP contribution in [0.2, 0.25) is 0 Å². The molecule has 0 aromatic rings. The van der Waals surface area contributed by atoms with Gasteiger partial charge >= 0.3 is 0 Å². The van der Waals surface area contributed by atoms with Gasteiger partial charge in [-0.1, -0.05) is 19.3 Å². The van der Waals surface area contributed by atoms with Gasteiger partial charge in [-0.25, -0.2) is 0 Å². The van der Waals surface area contributed by atoms with Crippen LogP contribution in [0.1, 0.15) is 46.0 Å². The molecule has 0 radical (unpaired) electrons. The van der Waals surface area contributed by atoms with Gasteiger partial charge in [0.25, 0.3) is 5.91 Å². The SMILES string of the molecule is CC1(C)CN(C2(CNC(=O)C3CNCCO3)CCCCC2)CCO1.Cl.Cl. The molecule has 8 heteroatoms. The number of nitrogens with zero attached hydrogens (tertiary/aromatic N) is 1. The first-order chi connectivity index (χ1) is 11.5. The maximum absolute atomic E-state index is 12.5. The van der Waals surface area contributed by atoms with Crippen LogP contribution in [-0.4, -0.2) is 74.0 Å². The Morgan fingerprint density at radius 3 is 2.54 bits per heavy atom. The Hall–Kier alpha value is -0.110. The standard InChI is InChI=1S/C18H33N3O3.2ClH/c1-17(2)14-21(9-11-24-17)18(6-4-3-5-7-18)13-20-16(22)15-12-19-8-10-23-15;;/h15,19H,3-14H2,1-2H3,(H,20,22);2*1H. The number of carbonyl (C=O) groups excluding carboxylic acids is 1. The van der Waals surface area contributed by atoms with Crippen molar-refractivity contribution in [3.8, 4) is 0 Å². The zero-order valence-electron chi connectivity index (χ0n) is 16.1. The van der Waals surface area contributed by atoms with Gasteiger partial charge in [-0.15, -0.1) is 24.8 Å². The summed E-state index contributed by atoms with van der Waals surface area (Å²) in [4.78, 5) is 15.1. The lowest BCUT2D eigenvalue weighted by molar-refractivity contribution is -0.138. The van der Waals surface area contributed by atoms with E-state index in [1.54, 1.807) is 0 Å². The average Bonchev–Trinajstić information content (AvgIpc) is 2.60. The van der Waals surface area contributed by atoms with Crippen molar-refractivity contribution in [2.24, 2.45) is 0 Å². The van der Waals surface area contributed by atoms with Gasteiger partial charge in [-0.2, -0.15) is 0 Å². The van der Waals surface area contributed by atoms with Crippen molar-refractivity contribution < 1.29 is 14.3 Å². The fourth-order valence-corrected chi connectivity index (χ4v) is 4.34. The second-order valence-corrected chi connectivity index (χ2v) is 8.10. The first-order valence-corrected chi connectivity index (χ1v) is 9.50. The molecule has 2 heterocycles. The highest BCUT2D eigenvalue weighted by Crippen LogP contribution is 2.36. The molecule has 2 saturated heterocycles. The summed E-state index contributed by atoms with van der Waals surface area (Å²) in [5, 5.41) is 6.43. The summed E-state index contributed by atoms with van der Waals surface area (Å²) in [7, 11) is 0. The summed E-state index contributed by atoms with van der Waals surface area (Å²) < 4.78 is 11.5. The molecule has 1 atom stereocenters. The van der Waals surface area contributed by atoms with Crippen LogP contribution in [-0.2, 0) is 14.3 Å². The molecule has 2 N–H and O–H groups in total. The molecule has 1 saturated carbocycles.